The van der Waals surface area contributed by atoms with E-state index >= 15 is 0 Å². The fourth-order valence-electron chi connectivity index (χ4n) is 3.03. The second-order valence-corrected chi connectivity index (χ2v) is 6.30. The minimum atomic E-state index is -1.59. The molecule has 5 heteroatoms. The Balaban J connectivity index is 1.97. The second kappa shape index (κ2) is 5.35. The number of hydrogen-bond donors (Lipinski definition) is 2. The fraction of sp³-hybridized carbons (Fsp3) is 0.529. The number of ether oxygens (including phenoxy) is 3. The first-order chi connectivity index (χ1) is 10.4. The van der Waals surface area contributed by atoms with Gasteiger partial charge in [-0.2, -0.15) is 0 Å². The number of rotatable bonds is 3. The van der Waals surface area contributed by atoms with Crippen molar-refractivity contribution in [1.82, 2.24) is 0 Å². The summed E-state index contributed by atoms with van der Waals surface area (Å²) in [4.78, 5) is 0. The van der Waals surface area contributed by atoms with Crippen molar-refractivity contribution < 1.29 is 24.4 Å². The Morgan fingerprint density at radius 3 is 2.50 bits per heavy atom. The zero-order valence-corrected chi connectivity index (χ0v) is 13.0. The molecule has 22 heavy (non-hydrogen) atoms. The van der Waals surface area contributed by atoms with Crippen LogP contribution in [0.2, 0.25) is 0 Å². The van der Waals surface area contributed by atoms with Crippen LogP contribution >= 0.6 is 0 Å². The van der Waals surface area contributed by atoms with E-state index in [4.69, 9.17) is 14.2 Å². The minimum Gasteiger partial charge on any atom is -0.489 e. The molecule has 2 heterocycles. The molecule has 0 aliphatic carbocycles. The Morgan fingerprint density at radius 2 is 1.86 bits per heavy atom. The first kappa shape index (κ1) is 15.5. The Kier molecular flexibility index (Phi) is 3.77. The molecule has 1 aromatic rings. The molecule has 0 unspecified atom stereocenters. The van der Waals surface area contributed by atoms with Crippen LogP contribution in [0.25, 0.3) is 0 Å². The summed E-state index contributed by atoms with van der Waals surface area (Å²) in [5, 5.41) is 20.7. The number of hydrogen-bond acceptors (Lipinski definition) is 5. The molecule has 0 amide bonds. The molecule has 4 atom stereocenters. The largest absolute Gasteiger partial charge is 0.489 e. The van der Waals surface area contributed by atoms with Crippen LogP contribution < -0.4 is 0 Å². The van der Waals surface area contributed by atoms with Gasteiger partial charge in [0.05, 0.1) is 6.61 Å². The van der Waals surface area contributed by atoms with Gasteiger partial charge < -0.3 is 24.4 Å². The van der Waals surface area contributed by atoms with Crippen LogP contribution in [0.4, 0.5) is 0 Å². The molecule has 0 bridgehead atoms. The monoisotopic (exact) mass is 306 g/mol. The van der Waals surface area contributed by atoms with Crippen molar-refractivity contribution in [2.24, 2.45) is 0 Å². The fourth-order valence-corrected chi connectivity index (χ4v) is 3.03. The zero-order valence-electron chi connectivity index (χ0n) is 13.0. The third kappa shape index (κ3) is 2.54. The smallest absolute Gasteiger partial charge is 0.169 e. The highest BCUT2D eigenvalue weighted by Gasteiger charge is 2.49. The molecule has 2 aliphatic rings. The van der Waals surface area contributed by atoms with Gasteiger partial charge in [0, 0.05) is 0 Å². The third-order valence-electron chi connectivity index (χ3n) is 4.14. The Labute approximate surface area is 130 Å². The summed E-state index contributed by atoms with van der Waals surface area (Å²) < 4.78 is 17.5. The van der Waals surface area contributed by atoms with Crippen LogP contribution in [0.5, 0.6) is 0 Å². The first-order valence-electron chi connectivity index (χ1n) is 7.49. The summed E-state index contributed by atoms with van der Waals surface area (Å²) in [6.07, 6.45) is 0.893. The molecule has 1 saturated heterocycles. The Morgan fingerprint density at radius 1 is 1.18 bits per heavy atom. The van der Waals surface area contributed by atoms with E-state index in [0.717, 1.165) is 0 Å². The van der Waals surface area contributed by atoms with Crippen LogP contribution in [0.3, 0.4) is 0 Å². The summed E-state index contributed by atoms with van der Waals surface area (Å²) in [5.41, 5.74) is -1.01. The van der Waals surface area contributed by atoms with Crippen molar-refractivity contribution in [3.05, 3.63) is 47.7 Å². The number of fused-ring (bicyclic) bond motifs is 1. The van der Waals surface area contributed by atoms with Crippen LogP contribution in [0.15, 0.2) is 42.2 Å². The van der Waals surface area contributed by atoms with Gasteiger partial charge in [-0.05, 0) is 32.4 Å². The van der Waals surface area contributed by atoms with Gasteiger partial charge in [0.2, 0.25) is 0 Å². The van der Waals surface area contributed by atoms with E-state index in [-0.39, 0.29) is 18.3 Å². The number of aliphatic hydroxyl groups is 2. The molecule has 0 radical (unpaired) electrons. The maximum absolute atomic E-state index is 10.9. The van der Waals surface area contributed by atoms with Crippen LogP contribution in [-0.2, 0) is 19.8 Å². The lowest BCUT2D eigenvalue weighted by atomic mass is 9.89. The van der Waals surface area contributed by atoms with E-state index in [1.165, 1.54) is 0 Å². The van der Waals surface area contributed by atoms with E-state index in [9.17, 15) is 10.2 Å². The molecule has 0 saturated carbocycles. The lowest BCUT2D eigenvalue weighted by molar-refractivity contribution is -0.154. The van der Waals surface area contributed by atoms with Gasteiger partial charge >= 0.3 is 0 Å². The molecule has 0 spiro atoms. The molecule has 0 aromatic heterocycles. The van der Waals surface area contributed by atoms with Crippen molar-refractivity contribution in [2.45, 2.75) is 50.5 Å². The molecule has 5 nitrogen and oxygen atoms in total. The van der Waals surface area contributed by atoms with Crippen LogP contribution in [0.1, 0.15) is 26.3 Å². The summed E-state index contributed by atoms with van der Waals surface area (Å²) in [5.74, 6) is -0.389. The average Bonchev–Trinajstić information content (AvgIpc) is 2.82. The predicted octanol–water partition coefficient (Wildman–Crippen LogP) is 1.69. The van der Waals surface area contributed by atoms with Gasteiger partial charge in [-0.3, -0.25) is 0 Å². The second-order valence-electron chi connectivity index (χ2n) is 6.30. The van der Waals surface area contributed by atoms with Crippen LogP contribution in [-0.4, -0.2) is 40.9 Å². The molecule has 3 rings (SSSR count). The van der Waals surface area contributed by atoms with E-state index < -0.39 is 18.0 Å². The van der Waals surface area contributed by atoms with E-state index in [2.05, 4.69) is 0 Å². The van der Waals surface area contributed by atoms with Crippen molar-refractivity contribution in [3.8, 4) is 0 Å². The quantitative estimate of drug-likeness (QED) is 0.889. The Bertz CT molecular complexity index is 568. The highest BCUT2D eigenvalue weighted by molar-refractivity contribution is 5.32. The maximum Gasteiger partial charge on any atom is 0.169 e. The summed E-state index contributed by atoms with van der Waals surface area (Å²) >= 11 is 0. The van der Waals surface area contributed by atoms with Crippen molar-refractivity contribution in [1.29, 1.82) is 0 Å². The molecule has 2 aliphatic heterocycles. The van der Waals surface area contributed by atoms with Crippen molar-refractivity contribution in [2.75, 3.05) is 6.61 Å². The molecule has 2 N–H and O–H groups in total. The summed E-state index contributed by atoms with van der Waals surface area (Å²) in [6.45, 7) is 5.09. The standard InChI is InChI=1S/C17H22O5/c1-11-15-13(21-16(2,3)22-15)9-14(20-11)17(19,10-18)12-7-5-4-6-8-12/h4-9,11,13,15,18-19H,10H2,1-3H3/t11-,13+,15-,17+/m1/s1. The highest BCUT2D eigenvalue weighted by Crippen LogP contribution is 2.40. The zero-order chi connectivity index (χ0) is 16.0. The van der Waals surface area contributed by atoms with Crippen molar-refractivity contribution >= 4 is 0 Å². The van der Waals surface area contributed by atoms with Gasteiger partial charge in [-0.1, -0.05) is 30.3 Å². The number of benzene rings is 1. The molecular formula is C17H22O5. The highest BCUT2D eigenvalue weighted by atomic mass is 16.8. The van der Waals surface area contributed by atoms with Gasteiger partial charge in [0.25, 0.3) is 0 Å². The van der Waals surface area contributed by atoms with E-state index in [1.807, 2.05) is 39.0 Å². The summed E-state index contributed by atoms with van der Waals surface area (Å²) in [6, 6.07) is 8.99. The molecule has 1 aromatic carbocycles. The van der Waals surface area contributed by atoms with Gasteiger partial charge in [0.15, 0.2) is 11.4 Å². The van der Waals surface area contributed by atoms with E-state index in [0.29, 0.717) is 11.3 Å². The predicted molar refractivity (Wildman–Crippen MR) is 79.9 cm³/mol. The molecule has 120 valence electrons. The third-order valence-corrected chi connectivity index (χ3v) is 4.14. The SMILES string of the molecule is C[C@H]1OC([C@](O)(CO)c2ccccc2)=C[C@@H]2OC(C)(C)O[C@@H]21. The lowest BCUT2D eigenvalue weighted by Crippen LogP contribution is -2.44. The molecular weight excluding hydrogens is 284 g/mol. The van der Waals surface area contributed by atoms with Gasteiger partial charge in [-0.15, -0.1) is 0 Å². The topological polar surface area (TPSA) is 68.2 Å². The summed E-state index contributed by atoms with van der Waals surface area (Å²) in [7, 11) is 0. The van der Waals surface area contributed by atoms with Crippen LogP contribution in [0, 0.1) is 0 Å². The number of aliphatic hydroxyl groups excluding tert-OH is 1. The molecule has 1 fully saturated rings. The normalized spacial score (nSPS) is 32.6. The lowest BCUT2D eigenvalue weighted by Gasteiger charge is -2.36. The Hall–Kier alpha value is -1.40. The first-order valence-corrected chi connectivity index (χ1v) is 7.49. The van der Waals surface area contributed by atoms with Crippen molar-refractivity contribution in [3.63, 3.8) is 0 Å². The van der Waals surface area contributed by atoms with Gasteiger partial charge in [-0.25, -0.2) is 0 Å². The minimum absolute atomic E-state index is 0.225. The van der Waals surface area contributed by atoms with Gasteiger partial charge in [0.1, 0.15) is 24.1 Å². The maximum atomic E-state index is 10.9. The average molecular weight is 306 g/mol. The van der Waals surface area contributed by atoms with E-state index in [1.54, 1.807) is 18.2 Å².